The number of carbonyl (C=O) groups is 1. The second-order valence-corrected chi connectivity index (χ2v) is 9.88. The van der Waals surface area contributed by atoms with Crippen LogP contribution in [-0.2, 0) is 17.6 Å². The molecule has 1 amide bonds. The van der Waals surface area contributed by atoms with Crippen LogP contribution in [0.3, 0.4) is 0 Å². The number of benzene rings is 1. The van der Waals surface area contributed by atoms with Gasteiger partial charge in [-0.3, -0.25) is 9.88 Å². The minimum absolute atomic E-state index is 0.113. The maximum Gasteiger partial charge on any atom is 0.410 e. The van der Waals surface area contributed by atoms with Crippen molar-refractivity contribution in [1.82, 2.24) is 14.8 Å². The van der Waals surface area contributed by atoms with Crippen molar-refractivity contribution < 1.29 is 9.53 Å². The molecule has 1 aromatic carbocycles. The molecule has 31 heavy (non-hydrogen) atoms. The van der Waals surface area contributed by atoms with Crippen LogP contribution in [0.1, 0.15) is 60.5 Å². The van der Waals surface area contributed by atoms with Crippen LogP contribution in [0.15, 0.2) is 41.0 Å². The normalized spacial score (nSPS) is 22.4. The van der Waals surface area contributed by atoms with Gasteiger partial charge in [0.2, 0.25) is 0 Å². The summed E-state index contributed by atoms with van der Waals surface area (Å²) in [4.78, 5) is 22.0. The Balaban J connectivity index is 1.33. The van der Waals surface area contributed by atoms with Crippen molar-refractivity contribution in [2.24, 2.45) is 0 Å². The fraction of sp³-hybridized carbons (Fsp3) is 0.520. The first-order chi connectivity index (χ1) is 15.2. The molecule has 2 aromatic rings. The van der Waals surface area contributed by atoms with Gasteiger partial charge >= 0.3 is 6.09 Å². The van der Waals surface area contributed by atoms with Gasteiger partial charge in [0.15, 0.2) is 0 Å². The summed E-state index contributed by atoms with van der Waals surface area (Å²) in [5.41, 5.74) is 5.23. The Morgan fingerprint density at radius 1 is 1.00 bits per heavy atom. The third-order valence-corrected chi connectivity index (χ3v) is 7.43. The molecule has 2 heterocycles. The van der Waals surface area contributed by atoms with Gasteiger partial charge in [-0.15, -0.1) is 0 Å². The van der Waals surface area contributed by atoms with Crippen LogP contribution < -0.4 is 0 Å². The lowest BCUT2D eigenvalue weighted by Crippen LogP contribution is -2.50. The zero-order valence-electron chi connectivity index (χ0n) is 17.9. The van der Waals surface area contributed by atoms with E-state index in [1.54, 1.807) is 0 Å². The summed E-state index contributed by atoms with van der Waals surface area (Å²) >= 11 is 3.60. The monoisotopic (exact) mass is 483 g/mol. The van der Waals surface area contributed by atoms with Crippen molar-refractivity contribution in [2.45, 2.75) is 57.1 Å². The van der Waals surface area contributed by atoms with E-state index in [0.717, 1.165) is 48.9 Å². The summed E-state index contributed by atoms with van der Waals surface area (Å²) in [7, 11) is 0. The van der Waals surface area contributed by atoms with E-state index >= 15 is 0 Å². The Bertz CT molecular complexity index is 936. The topological polar surface area (TPSA) is 45.7 Å². The van der Waals surface area contributed by atoms with Crippen molar-refractivity contribution in [3.05, 3.63) is 63.4 Å². The molecule has 0 spiro atoms. The Hall–Kier alpha value is -1.92. The number of ether oxygens (including phenoxy) is 1. The average Bonchev–Trinajstić information content (AvgIpc) is 2.96. The molecule has 6 heteroatoms. The zero-order chi connectivity index (χ0) is 21.2. The Kier molecular flexibility index (Phi) is 6.28. The number of fused-ring (bicyclic) bond motifs is 2. The molecule has 0 N–H and O–H groups in total. The van der Waals surface area contributed by atoms with Gasteiger partial charge in [0, 0.05) is 36.8 Å². The van der Waals surface area contributed by atoms with Crippen LogP contribution in [0.2, 0.25) is 0 Å². The summed E-state index contributed by atoms with van der Waals surface area (Å²) in [5.74, 6) is 0. The zero-order valence-corrected chi connectivity index (χ0v) is 19.5. The molecule has 5 rings (SSSR count). The van der Waals surface area contributed by atoms with E-state index in [9.17, 15) is 4.79 Å². The van der Waals surface area contributed by atoms with Crippen molar-refractivity contribution in [3.63, 3.8) is 0 Å². The first-order valence-corrected chi connectivity index (χ1v) is 12.4. The van der Waals surface area contributed by atoms with Crippen molar-refractivity contribution in [3.8, 4) is 0 Å². The van der Waals surface area contributed by atoms with Gasteiger partial charge in [-0.1, -0.05) is 30.7 Å². The quantitative estimate of drug-likeness (QED) is 0.594. The number of halogens is 1. The highest BCUT2D eigenvalue weighted by Crippen LogP contribution is 2.37. The standard InChI is InChI=1S/C25H30BrN3O2/c26-20-16-19-11-10-18-6-4-5-9-22(18)24(23(19)27-17-20)28-12-14-29(15-13-28)25(30)31-21-7-2-1-3-8-21/h4-6,9,16-17,21,24H,1-3,7-8,10-15H2/t24-/m1/s1. The molecule has 0 unspecified atom stereocenters. The first kappa shape index (κ1) is 21.0. The van der Waals surface area contributed by atoms with E-state index in [2.05, 4.69) is 51.2 Å². The molecular weight excluding hydrogens is 454 g/mol. The number of hydrogen-bond acceptors (Lipinski definition) is 4. The second kappa shape index (κ2) is 9.29. The number of aryl methyl sites for hydroxylation is 2. The van der Waals surface area contributed by atoms with Crippen LogP contribution >= 0.6 is 15.9 Å². The molecule has 0 radical (unpaired) electrons. The fourth-order valence-electron chi connectivity index (χ4n) is 5.32. The smallest absolute Gasteiger partial charge is 0.410 e. The summed E-state index contributed by atoms with van der Waals surface area (Å²) in [6, 6.07) is 11.1. The van der Waals surface area contributed by atoms with E-state index in [0.29, 0.717) is 13.1 Å². The predicted molar refractivity (Wildman–Crippen MR) is 124 cm³/mol. The molecule has 2 fully saturated rings. The highest BCUT2D eigenvalue weighted by atomic mass is 79.9. The third kappa shape index (κ3) is 4.51. The number of hydrogen-bond donors (Lipinski definition) is 0. The Labute approximate surface area is 192 Å². The molecule has 1 atom stereocenters. The Morgan fingerprint density at radius 3 is 2.55 bits per heavy atom. The number of nitrogens with zero attached hydrogens (tertiary/aromatic N) is 3. The van der Waals surface area contributed by atoms with Crippen LogP contribution in [0, 0.1) is 0 Å². The van der Waals surface area contributed by atoms with Crippen molar-refractivity contribution >= 4 is 22.0 Å². The molecular formula is C25H30BrN3O2. The number of rotatable bonds is 2. The van der Waals surface area contributed by atoms with Gasteiger partial charge in [-0.05, 0) is 77.2 Å². The lowest BCUT2D eigenvalue weighted by Gasteiger charge is -2.39. The van der Waals surface area contributed by atoms with Crippen molar-refractivity contribution in [2.75, 3.05) is 26.2 Å². The highest BCUT2D eigenvalue weighted by molar-refractivity contribution is 9.10. The Morgan fingerprint density at radius 2 is 1.74 bits per heavy atom. The van der Waals surface area contributed by atoms with Gasteiger partial charge in [0.05, 0.1) is 11.7 Å². The molecule has 0 bridgehead atoms. The second-order valence-electron chi connectivity index (χ2n) is 8.97. The van der Waals surface area contributed by atoms with E-state index < -0.39 is 0 Å². The molecule has 1 aliphatic heterocycles. The lowest BCUT2D eigenvalue weighted by atomic mass is 9.96. The molecule has 5 nitrogen and oxygen atoms in total. The third-order valence-electron chi connectivity index (χ3n) is 7.00. The van der Waals surface area contributed by atoms with E-state index in [1.165, 1.54) is 36.0 Å². The summed E-state index contributed by atoms with van der Waals surface area (Å²) in [5, 5.41) is 0. The molecule has 1 aromatic heterocycles. The average molecular weight is 484 g/mol. The minimum Gasteiger partial charge on any atom is -0.446 e. The van der Waals surface area contributed by atoms with Crippen LogP contribution in [0.5, 0.6) is 0 Å². The maximum atomic E-state index is 12.7. The van der Waals surface area contributed by atoms with Crippen LogP contribution in [0.25, 0.3) is 0 Å². The van der Waals surface area contributed by atoms with E-state index in [-0.39, 0.29) is 18.2 Å². The lowest BCUT2D eigenvalue weighted by molar-refractivity contribution is 0.0292. The van der Waals surface area contributed by atoms with Crippen LogP contribution in [-0.4, -0.2) is 53.2 Å². The van der Waals surface area contributed by atoms with E-state index in [1.807, 2.05) is 11.1 Å². The minimum atomic E-state index is -0.129. The van der Waals surface area contributed by atoms with Gasteiger partial charge in [0.1, 0.15) is 6.10 Å². The van der Waals surface area contributed by atoms with Gasteiger partial charge in [-0.25, -0.2) is 4.79 Å². The first-order valence-electron chi connectivity index (χ1n) is 11.6. The number of carbonyl (C=O) groups excluding carboxylic acids is 1. The van der Waals surface area contributed by atoms with Gasteiger partial charge < -0.3 is 9.64 Å². The maximum absolute atomic E-state index is 12.7. The number of aromatic nitrogens is 1. The molecule has 2 aliphatic carbocycles. The number of amides is 1. The molecule has 164 valence electrons. The van der Waals surface area contributed by atoms with E-state index in [4.69, 9.17) is 9.72 Å². The molecule has 1 saturated heterocycles. The largest absolute Gasteiger partial charge is 0.446 e. The van der Waals surface area contributed by atoms with Gasteiger partial charge in [0.25, 0.3) is 0 Å². The van der Waals surface area contributed by atoms with Crippen LogP contribution in [0.4, 0.5) is 4.79 Å². The molecule has 3 aliphatic rings. The molecule has 1 saturated carbocycles. The predicted octanol–water partition coefficient (Wildman–Crippen LogP) is 5.12. The summed E-state index contributed by atoms with van der Waals surface area (Å²) < 4.78 is 6.84. The number of piperazine rings is 1. The number of pyridine rings is 1. The SMILES string of the molecule is O=C(OC1CCCCC1)N1CCN([C@@H]2c3ccccc3CCc3cc(Br)cnc32)CC1. The van der Waals surface area contributed by atoms with Gasteiger partial charge in [-0.2, -0.15) is 0 Å². The summed E-state index contributed by atoms with van der Waals surface area (Å²) in [6.07, 6.45) is 9.58. The summed E-state index contributed by atoms with van der Waals surface area (Å²) in [6.45, 7) is 3.07. The van der Waals surface area contributed by atoms with Crippen molar-refractivity contribution in [1.29, 1.82) is 0 Å². The highest BCUT2D eigenvalue weighted by Gasteiger charge is 2.33. The fourth-order valence-corrected chi connectivity index (χ4v) is 5.69.